The smallest absolute Gasteiger partial charge is 0.271 e. The third-order valence-electron chi connectivity index (χ3n) is 3.16. The summed E-state index contributed by atoms with van der Waals surface area (Å²) in [5.41, 5.74) is 5.99. The average molecular weight is 437 g/mol. The van der Waals surface area contributed by atoms with Gasteiger partial charge in [-0.1, -0.05) is 17.8 Å². The van der Waals surface area contributed by atoms with Gasteiger partial charge in [-0.3, -0.25) is 25.0 Å². The number of benzene rings is 1. The molecule has 0 saturated heterocycles. The van der Waals surface area contributed by atoms with Gasteiger partial charge in [-0.2, -0.15) is 0 Å². The lowest BCUT2D eigenvalue weighted by Crippen LogP contribution is -2.14. The number of aromatic nitrogens is 2. The Labute approximate surface area is 170 Å². The summed E-state index contributed by atoms with van der Waals surface area (Å²) in [5.74, 6) is -0.713. The van der Waals surface area contributed by atoms with E-state index in [1.807, 2.05) is 0 Å². The molecule has 10 nitrogen and oxygen atoms in total. The summed E-state index contributed by atoms with van der Waals surface area (Å²) in [4.78, 5) is 42.8. The van der Waals surface area contributed by atoms with E-state index in [1.54, 1.807) is 17.6 Å². The van der Waals surface area contributed by atoms with Crippen LogP contribution in [0.1, 0.15) is 9.67 Å². The highest BCUT2D eigenvalue weighted by Crippen LogP contribution is 2.30. The Kier molecular flexibility index (Phi) is 6.18. The van der Waals surface area contributed by atoms with Gasteiger partial charge in [0.25, 0.3) is 11.6 Å². The van der Waals surface area contributed by atoms with E-state index in [0.717, 1.165) is 23.1 Å². The van der Waals surface area contributed by atoms with Crippen molar-refractivity contribution in [1.29, 1.82) is 0 Å². The third-order valence-corrected chi connectivity index (χ3v) is 6.06. The van der Waals surface area contributed by atoms with Crippen molar-refractivity contribution in [2.75, 3.05) is 22.1 Å². The van der Waals surface area contributed by atoms with E-state index in [2.05, 4.69) is 20.6 Å². The van der Waals surface area contributed by atoms with Crippen molar-refractivity contribution in [1.82, 2.24) is 9.97 Å². The zero-order chi connectivity index (χ0) is 20.1. The molecule has 0 aliphatic rings. The lowest BCUT2D eigenvalue weighted by atomic mass is 10.3. The summed E-state index contributed by atoms with van der Waals surface area (Å²) >= 11 is 3.45. The van der Waals surface area contributed by atoms with Crippen molar-refractivity contribution >= 4 is 68.6 Å². The fraction of sp³-hybridized carbons (Fsp3) is 0.0667. The van der Waals surface area contributed by atoms with E-state index in [9.17, 15) is 19.7 Å². The summed E-state index contributed by atoms with van der Waals surface area (Å²) in [6.45, 7) is 0. The van der Waals surface area contributed by atoms with Gasteiger partial charge < -0.3 is 11.1 Å². The van der Waals surface area contributed by atoms with Crippen LogP contribution in [0.4, 0.5) is 22.3 Å². The Hall–Kier alpha value is -3.03. The molecule has 0 saturated carbocycles. The number of hydrogen-bond donors (Lipinski definition) is 3. The normalized spacial score (nSPS) is 10.4. The number of hydrogen-bond acceptors (Lipinski definition) is 10. The van der Waals surface area contributed by atoms with Crippen LogP contribution in [0.3, 0.4) is 0 Å². The molecular weight excluding hydrogens is 424 g/mol. The molecule has 0 aliphatic heterocycles. The van der Waals surface area contributed by atoms with Crippen molar-refractivity contribution < 1.29 is 14.5 Å². The van der Waals surface area contributed by atoms with Crippen molar-refractivity contribution in [3.63, 3.8) is 0 Å². The predicted octanol–water partition coefficient (Wildman–Crippen LogP) is 3.07. The summed E-state index contributed by atoms with van der Waals surface area (Å²) in [7, 11) is 0. The molecule has 3 rings (SSSR count). The molecule has 4 N–H and O–H groups in total. The van der Waals surface area contributed by atoms with E-state index in [0.29, 0.717) is 15.2 Å². The van der Waals surface area contributed by atoms with Gasteiger partial charge in [-0.05, 0) is 6.07 Å². The van der Waals surface area contributed by atoms with Crippen molar-refractivity contribution in [2.45, 2.75) is 4.34 Å². The Bertz CT molecular complexity index is 1020. The largest absolute Gasteiger partial charge is 0.382 e. The number of amides is 2. The second kappa shape index (κ2) is 8.77. The molecule has 2 heterocycles. The molecule has 0 fully saturated rings. The number of nitro groups is 1. The van der Waals surface area contributed by atoms with Crippen LogP contribution in [-0.2, 0) is 4.79 Å². The maximum Gasteiger partial charge on any atom is 0.271 e. The predicted molar refractivity (Wildman–Crippen MR) is 109 cm³/mol. The van der Waals surface area contributed by atoms with Gasteiger partial charge in [-0.25, -0.2) is 9.97 Å². The molecular formula is C15H12N6O4S3. The van der Waals surface area contributed by atoms with E-state index in [-0.39, 0.29) is 28.0 Å². The first-order valence-electron chi connectivity index (χ1n) is 7.56. The fourth-order valence-electron chi connectivity index (χ4n) is 2.00. The van der Waals surface area contributed by atoms with Crippen LogP contribution in [0.15, 0.2) is 40.2 Å². The number of nitrogens with one attached hydrogen (secondary N) is 2. The second-order valence-electron chi connectivity index (χ2n) is 5.13. The molecule has 28 heavy (non-hydrogen) atoms. The molecule has 3 aromatic rings. The van der Waals surface area contributed by atoms with Gasteiger partial charge in [0.05, 0.1) is 10.7 Å². The fourth-order valence-corrected chi connectivity index (χ4v) is 4.29. The first kappa shape index (κ1) is 19.7. The topological polar surface area (TPSA) is 153 Å². The molecule has 144 valence electrons. The zero-order valence-electron chi connectivity index (χ0n) is 13.9. The van der Waals surface area contributed by atoms with Crippen LogP contribution >= 0.6 is 34.4 Å². The van der Waals surface area contributed by atoms with Gasteiger partial charge in [0.1, 0.15) is 10.7 Å². The highest BCUT2D eigenvalue weighted by Gasteiger charge is 2.18. The van der Waals surface area contributed by atoms with Crippen LogP contribution in [0, 0.1) is 10.1 Å². The Balaban J connectivity index is 1.57. The van der Waals surface area contributed by atoms with Crippen LogP contribution in [0.5, 0.6) is 0 Å². The molecule has 13 heteroatoms. The van der Waals surface area contributed by atoms with E-state index < -0.39 is 10.8 Å². The number of nitrogens with zero attached hydrogens (tertiary/aromatic N) is 3. The summed E-state index contributed by atoms with van der Waals surface area (Å²) in [5, 5.41) is 18.1. The van der Waals surface area contributed by atoms with Gasteiger partial charge in [0.15, 0.2) is 9.47 Å². The molecule has 1 aromatic carbocycles. The first-order valence-corrected chi connectivity index (χ1v) is 10.2. The number of non-ortho nitro benzene ring substituents is 1. The number of nitro benzene ring substituents is 1. The summed E-state index contributed by atoms with van der Waals surface area (Å²) in [6, 6.07) is 5.64. The highest BCUT2D eigenvalue weighted by molar-refractivity contribution is 8.01. The summed E-state index contributed by atoms with van der Waals surface area (Å²) in [6.07, 6.45) is 1.57. The van der Waals surface area contributed by atoms with Gasteiger partial charge in [0, 0.05) is 29.4 Å². The Morgan fingerprint density at radius 1 is 1.32 bits per heavy atom. The number of thiazole rings is 2. The number of carbonyl (C=O) groups excluding carboxylic acids is 2. The van der Waals surface area contributed by atoms with Gasteiger partial charge in [0.2, 0.25) is 5.91 Å². The molecule has 0 unspecified atom stereocenters. The SMILES string of the molecule is Nc1nc(SCC(=O)Nc2cccc([N+](=O)[O-])c2)sc1C(=O)Nc1nccs1. The molecule has 0 atom stereocenters. The molecule has 0 radical (unpaired) electrons. The van der Waals surface area contributed by atoms with Crippen LogP contribution in [0.2, 0.25) is 0 Å². The van der Waals surface area contributed by atoms with E-state index in [4.69, 9.17) is 5.73 Å². The van der Waals surface area contributed by atoms with Gasteiger partial charge in [-0.15, -0.1) is 22.7 Å². The standard InChI is InChI=1S/C15H12N6O4S3/c16-12-11(13(23)20-14-17-4-5-26-14)28-15(19-12)27-7-10(22)18-8-2-1-3-9(6-8)21(24)25/h1-6H,7,16H2,(H,18,22)(H,17,20,23). The van der Waals surface area contributed by atoms with Crippen LogP contribution < -0.4 is 16.4 Å². The minimum atomic E-state index is -0.541. The quantitative estimate of drug-likeness (QED) is 0.290. The van der Waals surface area contributed by atoms with E-state index >= 15 is 0 Å². The molecule has 2 aromatic heterocycles. The zero-order valence-corrected chi connectivity index (χ0v) is 16.4. The minimum Gasteiger partial charge on any atom is -0.382 e. The molecule has 2 amide bonds. The number of anilines is 3. The lowest BCUT2D eigenvalue weighted by Gasteiger charge is -2.03. The third kappa shape index (κ3) is 5.03. The lowest BCUT2D eigenvalue weighted by molar-refractivity contribution is -0.384. The van der Waals surface area contributed by atoms with Crippen molar-refractivity contribution in [2.24, 2.45) is 0 Å². The van der Waals surface area contributed by atoms with Gasteiger partial charge >= 0.3 is 0 Å². The summed E-state index contributed by atoms with van der Waals surface area (Å²) < 4.78 is 0.455. The minimum absolute atomic E-state index is 0.00316. The van der Waals surface area contributed by atoms with Crippen LogP contribution in [-0.4, -0.2) is 32.5 Å². The average Bonchev–Trinajstić information content (AvgIpc) is 3.29. The molecule has 0 spiro atoms. The molecule has 0 bridgehead atoms. The molecule has 0 aliphatic carbocycles. The number of thioether (sulfide) groups is 1. The number of rotatable bonds is 7. The van der Waals surface area contributed by atoms with E-state index in [1.165, 1.54) is 29.5 Å². The Morgan fingerprint density at radius 2 is 2.14 bits per heavy atom. The van der Waals surface area contributed by atoms with Crippen LogP contribution in [0.25, 0.3) is 0 Å². The maximum absolute atomic E-state index is 12.2. The number of carbonyl (C=O) groups is 2. The Morgan fingerprint density at radius 3 is 2.86 bits per heavy atom. The second-order valence-corrected chi connectivity index (χ2v) is 8.25. The maximum atomic E-state index is 12.2. The van der Waals surface area contributed by atoms with Crippen molar-refractivity contribution in [3.05, 3.63) is 50.8 Å². The number of nitrogen functional groups attached to an aromatic ring is 1. The monoisotopic (exact) mass is 436 g/mol. The highest BCUT2D eigenvalue weighted by atomic mass is 32.2. The number of nitrogens with two attached hydrogens (primary N) is 1. The first-order chi connectivity index (χ1) is 13.4. The van der Waals surface area contributed by atoms with Crippen molar-refractivity contribution in [3.8, 4) is 0 Å².